The van der Waals surface area contributed by atoms with Gasteiger partial charge in [-0.25, -0.2) is 0 Å². The first kappa shape index (κ1) is 10.9. The summed E-state index contributed by atoms with van der Waals surface area (Å²) in [6.45, 7) is 0. The SMILES string of the molecule is N#CCC(=O)c1cccc(C=CC=O)c1. The van der Waals surface area contributed by atoms with Gasteiger partial charge >= 0.3 is 0 Å². The number of carbonyl (C=O) groups excluding carboxylic acids is 2. The zero-order valence-corrected chi connectivity index (χ0v) is 8.01. The maximum Gasteiger partial charge on any atom is 0.176 e. The Bertz CT molecular complexity index is 441. The molecule has 0 N–H and O–H groups in total. The van der Waals surface area contributed by atoms with Crippen molar-refractivity contribution < 1.29 is 9.59 Å². The zero-order valence-electron chi connectivity index (χ0n) is 8.01. The molecule has 0 heterocycles. The average Bonchev–Trinajstić information content (AvgIpc) is 2.27. The molecule has 3 heteroatoms. The molecule has 1 aromatic carbocycles. The predicted octanol–water partition coefficient (Wildman–Crippen LogP) is 2.00. The predicted molar refractivity (Wildman–Crippen MR) is 56.1 cm³/mol. The van der Waals surface area contributed by atoms with Crippen LogP contribution in [-0.2, 0) is 4.79 Å². The number of Topliss-reactive ketones (excluding diaryl/α,β-unsaturated/α-hetero) is 1. The molecule has 0 aliphatic carbocycles. The molecule has 15 heavy (non-hydrogen) atoms. The van der Waals surface area contributed by atoms with Gasteiger partial charge in [0.1, 0.15) is 6.29 Å². The normalized spacial score (nSPS) is 9.80. The summed E-state index contributed by atoms with van der Waals surface area (Å²) in [5.41, 5.74) is 1.26. The smallest absolute Gasteiger partial charge is 0.176 e. The Kier molecular flexibility index (Phi) is 3.99. The van der Waals surface area contributed by atoms with Crippen molar-refractivity contribution in [2.45, 2.75) is 6.42 Å². The van der Waals surface area contributed by atoms with E-state index in [1.807, 2.05) is 0 Å². The third kappa shape index (κ3) is 3.20. The van der Waals surface area contributed by atoms with Crippen molar-refractivity contribution in [3.05, 3.63) is 41.5 Å². The van der Waals surface area contributed by atoms with Gasteiger partial charge in [0.2, 0.25) is 0 Å². The maximum atomic E-state index is 11.4. The molecule has 0 spiro atoms. The molecule has 0 fully saturated rings. The summed E-state index contributed by atoms with van der Waals surface area (Å²) >= 11 is 0. The highest BCUT2D eigenvalue weighted by Gasteiger charge is 2.04. The first-order valence-electron chi connectivity index (χ1n) is 4.40. The van der Waals surface area contributed by atoms with Crippen LogP contribution in [0.15, 0.2) is 30.3 Å². The molecule has 1 aromatic rings. The van der Waals surface area contributed by atoms with Crippen molar-refractivity contribution in [3.8, 4) is 6.07 Å². The fourth-order valence-electron chi connectivity index (χ4n) is 1.14. The van der Waals surface area contributed by atoms with E-state index >= 15 is 0 Å². The van der Waals surface area contributed by atoms with Crippen LogP contribution < -0.4 is 0 Å². The van der Waals surface area contributed by atoms with Crippen LogP contribution in [0.1, 0.15) is 22.3 Å². The Morgan fingerprint density at radius 1 is 1.47 bits per heavy atom. The molecular weight excluding hydrogens is 190 g/mol. The van der Waals surface area contributed by atoms with E-state index in [1.54, 1.807) is 36.4 Å². The minimum atomic E-state index is -0.209. The van der Waals surface area contributed by atoms with Gasteiger partial charge in [0, 0.05) is 5.56 Å². The highest BCUT2D eigenvalue weighted by Crippen LogP contribution is 2.08. The van der Waals surface area contributed by atoms with E-state index in [9.17, 15) is 9.59 Å². The van der Waals surface area contributed by atoms with E-state index in [4.69, 9.17) is 5.26 Å². The number of nitriles is 1. The number of nitrogens with zero attached hydrogens (tertiary/aromatic N) is 1. The molecule has 0 saturated carbocycles. The largest absolute Gasteiger partial charge is 0.299 e. The van der Waals surface area contributed by atoms with Gasteiger partial charge in [-0.2, -0.15) is 5.26 Å². The van der Waals surface area contributed by atoms with Gasteiger partial charge in [-0.1, -0.05) is 24.3 Å². The average molecular weight is 199 g/mol. The summed E-state index contributed by atoms with van der Waals surface area (Å²) in [6, 6.07) is 8.61. The number of rotatable bonds is 4. The fourth-order valence-corrected chi connectivity index (χ4v) is 1.14. The van der Waals surface area contributed by atoms with Crippen LogP contribution in [0.25, 0.3) is 6.08 Å². The second-order valence-electron chi connectivity index (χ2n) is 2.88. The van der Waals surface area contributed by atoms with Gasteiger partial charge < -0.3 is 0 Å². The van der Waals surface area contributed by atoms with Crippen molar-refractivity contribution in [3.63, 3.8) is 0 Å². The van der Waals surface area contributed by atoms with Gasteiger partial charge in [0.25, 0.3) is 0 Å². The lowest BCUT2D eigenvalue weighted by Crippen LogP contribution is -1.96. The van der Waals surface area contributed by atoms with Gasteiger partial charge in [0.15, 0.2) is 5.78 Å². The van der Waals surface area contributed by atoms with E-state index in [2.05, 4.69) is 0 Å². The molecule has 0 aromatic heterocycles. The highest BCUT2D eigenvalue weighted by atomic mass is 16.1. The monoisotopic (exact) mass is 199 g/mol. The standard InChI is InChI=1S/C12H9NO2/c13-7-6-12(15)11-5-1-3-10(9-11)4-2-8-14/h1-5,8-9H,6H2. The number of hydrogen-bond acceptors (Lipinski definition) is 3. The van der Waals surface area contributed by atoms with E-state index in [1.165, 1.54) is 6.08 Å². The Morgan fingerprint density at radius 3 is 2.93 bits per heavy atom. The minimum Gasteiger partial charge on any atom is -0.299 e. The molecule has 1 rings (SSSR count). The van der Waals surface area contributed by atoms with E-state index < -0.39 is 0 Å². The number of hydrogen-bond donors (Lipinski definition) is 0. The number of allylic oxidation sites excluding steroid dienone is 1. The second-order valence-corrected chi connectivity index (χ2v) is 2.88. The molecule has 0 amide bonds. The molecular formula is C12H9NO2. The molecule has 0 aliphatic rings. The summed E-state index contributed by atoms with van der Waals surface area (Å²) in [5.74, 6) is -0.209. The summed E-state index contributed by atoms with van der Waals surface area (Å²) in [5, 5.41) is 8.38. The van der Waals surface area contributed by atoms with E-state index in [0.717, 1.165) is 5.56 Å². The van der Waals surface area contributed by atoms with Crippen LogP contribution in [0.5, 0.6) is 0 Å². The van der Waals surface area contributed by atoms with Crippen LogP contribution in [0.4, 0.5) is 0 Å². The van der Waals surface area contributed by atoms with Crippen LogP contribution in [0.2, 0.25) is 0 Å². The number of aldehydes is 1. The first-order chi connectivity index (χ1) is 7.27. The van der Waals surface area contributed by atoms with Crippen LogP contribution in [0, 0.1) is 11.3 Å². The number of benzene rings is 1. The molecule has 0 radical (unpaired) electrons. The summed E-state index contributed by atoms with van der Waals surface area (Å²) < 4.78 is 0. The van der Waals surface area contributed by atoms with E-state index in [0.29, 0.717) is 11.8 Å². The Morgan fingerprint density at radius 2 is 2.27 bits per heavy atom. The lowest BCUT2D eigenvalue weighted by Gasteiger charge is -1.97. The molecule has 0 saturated heterocycles. The van der Waals surface area contributed by atoms with Gasteiger partial charge in [-0.15, -0.1) is 0 Å². The van der Waals surface area contributed by atoms with Gasteiger partial charge in [-0.05, 0) is 17.7 Å². The molecule has 0 aliphatic heterocycles. The second kappa shape index (κ2) is 5.51. The van der Waals surface area contributed by atoms with Crippen LogP contribution in [0.3, 0.4) is 0 Å². The third-order valence-corrected chi connectivity index (χ3v) is 1.82. The van der Waals surface area contributed by atoms with Crippen molar-refractivity contribution >= 4 is 18.1 Å². The van der Waals surface area contributed by atoms with Crippen molar-refractivity contribution in [2.24, 2.45) is 0 Å². The van der Waals surface area contributed by atoms with E-state index in [-0.39, 0.29) is 12.2 Å². The van der Waals surface area contributed by atoms with Gasteiger partial charge in [-0.3, -0.25) is 9.59 Å². The van der Waals surface area contributed by atoms with Crippen molar-refractivity contribution in [1.29, 1.82) is 5.26 Å². The summed E-state index contributed by atoms with van der Waals surface area (Å²) in [6.07, 6.45) is 3.51. The molecule has 3 nitrogen and oxygen atoms in total. The molecule has 0 bridgehead atoms. The van der Waals surface area contributed by atoms with Crippen molar-refractivity contribution in [1.82, 2.24) is 0 Å². The maximum absolute atomic E-state index is 11.4. The first-order valence-corrected chi connectivity index (χ1v) is 4.40. The topological polar surface area (TPSA) is 57.9 Å². The minimum absolute atomic E-state index is 0.124. The Balaban J connectivity index is 2.93. The Labute approximate surface area is 87.6 Å². The molecule has 74 valence electrons. The summed E-state index contributed by atoms with van der Waals surface area (Å²) in [7, 11) is 0. The molecule has 0 unspecified atom stereocenters. The molecule has 0 atom stereocenters. The Hall–Kier alpha value is -2.21. The number of carbonyl (C=O) groups is 2. The van der Waals surface area contributed by atoms with Crippen molar-refractivity contribution in [2.75, 3.05) is 0 Å². The van der Waals surface area contributed by atoms with Crippen LogP contribution in [-0.4, -0.2) is 12.1 Å². The third-order valence-electron chi connectivity index (χ3n) is 1.82. The van der Waals surface area contributed by atoms with Gasteiger partial charge in [0.05, 0.1) is 12.5 Å². The quantitative estimate of drug-likeness (QED) is 0.423. The zero-order chi connectivity index (χ0) is 11.1. The van der Waals surface area contributed by atoms with Crippen LogP contribution >= 0.6 is 0 Å². The number of ketones is 1. The lowest BCUT2D eigenvalue weighted by molar-refractivity contribution is -0.104. The summed E-state index contributed by atoms with van der Waals surface area (Å²) in [4.78, 5) is 21.5. The highest BCUT2D eigenvalue weighted by molar-refractivity contribution is 5.97. The lowest BCUT2D eigenvalue weighted by atomic mass is 10.1. The fraction of sp³-hybridized carbons (Fsp3) is 0.0833.